The number of nitrogens with one attached hydrogen (secondary N) is 1. The van der Waals surface area contributed by atoms with Crippen molar-refractivity contribution in [1.82, 2.24) is 10.2 Å². The van der Waals surface area contributed by atoms with Crippen molar-refractivity contribution >= 4 is 17.9 Å². The Bertz CT molecular complexity index is 750. The van der Waals surface area contributed by atoms with Gasteiger partial charge in [-0.3, -0.25) is 14.5 Å². The lowest BCUT2D eigenvalue weighted by Gasteiger charge is -2.28. The zero-order valence-electron chi connectivity index (χ0n) is 13.5. The van der Waals surface area contributed by atoms with Crippen LogP contribution in [0, 0.1) is 0 Å². The van der Waals surface area contributed by atoms with E-state index in [-0.39, 0.29) is 25.3 Å². The molecule has 1 fully saturated rings. The molecule has 0 atom stereocenters. The number of benzene rings is 2. The van der Waals surface area contributed by atoms with E-state index in [0.29, 0.717) is 11.1 Å². The van der Waals surface area contributed by atoms with E-state index in [0.717, 1.165) is 4.90 Å². The predicted octanol–water partition coefficient (Wildman–Crippen LogP) is 2.35. The number of hydrogen-bond acceptors (Lipinski definition) is 3. The van der Waals surface area contributed by atoms with Gasteiger partial charge in [-0.15, -0.1) is 0 Å². The first-order chi connectivity index (χ1) is 12.1. The van der Waals surface area contributed by atoms with Crippen LogP contribution in [-0.2, 0) is 15.1 Å². The largest absolute Gasteiger partial charge is 0.481 e. The molecule has 3 amide bonds. The number of hydrogen-bond donors (Lipinski definition) is 2. The van der Waals surface area contributed by atoms with Crippen LogP contribution < -0.4 is 5.32 Å². The Kier molecular flexibility index (Phi) is 4.52. The van der Waals surface area contributed by atoms with Gasteiger partial charge in [0.2, 0.25) is 0 Å². The van der Waals surface area contributed by atoms with Crippen LogP contribution >= 0.6 is 0 Å². The number of amides is 3. The average molecular weight is 338 g/mol. The molecule has 2 aromatic carbocycles. The van der Waals surface area contributed by atoms with E-state index in [1.54, 1.807) is 24.3 Å². The first kappa shape index (κ1) is 16.7. The number of aliphatic carboxylic acids is 1. The molecule has 0 saturated carbocycles. The Morgan fingerprint density at radius 2 is 1.48 bits per heavy atom. The quantitative estimate of drug-likeness (QED) is 0.792. The number of carboxylic acid groups (broad SMARTS) is 1. The van der Waals surface area contributed by atoms with Gasteiger partial charge in [-0.05, 0) is 17.5 Å². The molecule has 25 heavy (non-hydrogen) atoms. The van der Waals surface area contributed by atoms with Crippen LogP contribution in [0.25, 0.3) is 0 Å². The van der Waals surface area contributed by atoms with Crippen molar-refractivity contribution in [1.29, 1.82) is 0 Å². The zero-order chi connectivity index (χ0) is 17.9. The third kappa shape index (κ3) is 2.98. The van der Waals surface area contributed by atoms with Gasteiger partial charge in [-0.1, -0.05) is 60.7 Å². The lowest BCUT2D eigenvalue weighted by Crippen LogP contribution is -2.45. The highest BCUT2D eigenvalue weighted by molar-refractivity contribution is 6.09. The number of rotatable bonds is 6. The summed E-state index contributed by atoms with van der Waals surface area (Å²) < 4.78 is 0. The number of carboxylic acids is 1. The summed E-state index contributed by atoms with van der Waals surface area (Å²) in [6.45, 7) is 0.0678. The highest BCUT2D eigenvalue weighted by Gasteiger charge is 2.53. The molecule has 0 bridgehead atoms. The van der Waals surface area contributed by atoms with Crippen LogP contribution in [-0.4, -0.2) is 34.5 Å². The van der Waals surface area contributed by atoms with E-state index in [4.69, 9.17) is 5.11 Å². The van der Waals surface area contributed by atoms with Gasteiger partial charge in [-0.2, -0.15) is 0 Å². The van der Waals surface area contributed by atoms with Gasteiger partial charge in [-0.25, -0.2) is 4.79 Å². The minimum absolute atomic E-state index is 0.0678. The van der Waals surface area contributed by atoms with E-state index in [1.807, 2.05) is 36.4 Å². The summed E-state index contributed by atoms with van der Waals surface area (Å²) in [5, 5.41) is 11.6. The van der Waals surface area contributed by atoms with Crippen molar-refractivity contribution < 1.29 is 19.5 Å². The van der Waals surface area contributed by atoms with Crippen LogP contribution in [0.5, 0.6) is 0 Å². The summed E-state index contributed by atoms with van der Waals surface area (Å²) in [5.41, 5.74) is 0.0450. The van der Waals surface area contributed by atoms with E-state index in [1.165, 1.54) is 0 Å². The summed E-state index contributed by atoms with van der Waals surface area (Å²) in [7, 11) is 0. The molecular formula is C19H18N2O4. The van der Waals surface area contributed by atoms with Crippen LogP contribution in [0.15, 0.2) is 60.7 Å². The van der Waals surface area contributed by atoms with E-state index in [9.17, 15) is 14.4 Å². The van der Waals surface area contributed by atoms with Crippen LogP contribution in [0.2, 0.25) is 0 Å². The minimum atomic E-state index is -1.29. The van der Waals surface area contributed by atoms with Crippen molar-refractivity contribution in [2.45, 2.75) is 18.4 Å². The van der Waals surface area contributed by atoms with E-state index >= 15 is 0 Å². The fourth-order valence-electron chi connectivity index (χ4n) is 3.10. The van der Waals surface area contributed by atoms with Crippen LogP contribution in [0.4, 0.5) is 4.79 Å². The van der Waals surface area contributed by atoms with Gasteiger partial charge < -0.3 is 10.4 Å². The molecule has 0 aliphatic carbocycles. The van der Waals surface area contributed by atoms with Gasteiger partial charge in [0.1, 0.15) is 0 Å². The molecule has 0 unspecified atom stereocenters. The first-order valence-electron chi connectivity index (χ1n) is 8.02. The SMILES string of the molecule is O=C(O)CCCN1C(=O)NC(c2ccccc2)(c2ccccc2)C1=O. The second-order valence-corrected chi connectivity index (χ2v) is 5.87. The first-order valence-corrected chi connectivity index (χ1v) is 8.02. The van der Waals surface area contributed by atoms with Crippen molar-refractivity contribution in [3.8, 4) is 0 Å². The topological polar surface area (TPSA) is 86.7 Å². The average Bonchev–Trinajstić information content (AvgIpc) is 2.88. The molecule has 1 aliphatic heterocycles. The fourth-order valence-corrected chi connectivity index (χ4v) is 3.10. The predicted molar refractivity (Wildman–Crippen MR) is 90.8 cm³/mol. The minimum Gasteiger partial charge on any atom is -0.481 e. The number of imide groups is 1. The number of carbonyl (C=O) groups excluding carboxylic acids is 2. The standard InChI is InChI=1S/C19H18N2O4/c22-16(23)12-7-13-21-17(24)19(20-18(21)25,14-8-3-1-4-9-14)15-10-5-2-6-11-15/h1-6,8-11H,7,12-13H2,(H,20,25)(H,22,23). The molecule has 0 aromatic heterocycles. The summed E-state index contributed by atoms with van der Waals surface area (Å²) in [6.07, 6.45) is 0.120. The molecule has 2 aromatic rings. The molecule has 0 spiro atoms. The second kappa shape index (κ2) is 6.76. The Balaban J connectivity index is 2.00. The van der Waals surface area contributed by atoms with Gasteiger partial charge >= 0.3 is 12.0 Å². The van der Waals surface area contributed by atoms with E-state index < -0.39 is 17.5 Å². The number of nitrogens with zero attached hydrogens (tertiary/aromatic N) is 1. The zero-order valence-corrected chi connectivity index (χ0v) is 13.5. The summed E-state index contributed by atoms with van der Waals surface area (Å²) >= 11 is 0. The Morgan fingerprint density at radius 1 is 0.960 bits per heavy atom. The van der Waals surface area contributed by atoms with Gasteiger partial charge in [0.25, 0.3) is 5.91 Å². The monoisotopic (exact) mass is 338 g/mol. The van der Waals surface area contributed by atoms with Crippen LogP contribution in [0.1, 0.15) is 24.0 Å². The van der Waals surface area contributed by atoms with Gasteiger partial charge in [0.05, 0.1) is 0 Å². The Hall–Kier alpha value is -3.15. The van der Waals surface area contributed by atoms with E-state index in [2.05, 4.69) is 5.32 Å². The smallest absolute Gasteiger partial charge is 0.325 e. The molecule has 3 rings (SSSR count). The molecule has 1 saturated heterocycles. The maximum absolute atomic E-state index is 13.2. The third-order valence-corrected chi connectivity index (χ3v) is 4.29. The highest BCUT2D eigenvalue weighted by Crippen LogP contribution is 2.35. The Morgan fingerprint density at radius 3 is 1.96 bits per heavy atom. The lowest BCUT2D eigenvalue weighted by atomic mass is 9.82. The molecule has 2 N–H and O–H groups in total. The summed E-state index contributed by atoms with van der Waals surface area (Å²) in [5.74, 6) is -1.34. The molecule has 6 nitrogen and oxygen atoms in total. The van der Waals surface area contributed by atoms with Crippen molar-refractivity contribution in [3.63, 3.8) is 0 Å². The van der Waals surface area contributed by atoms with Crippen LogP contribution in [0.3, 0.4) is 0 Å². The molecule has 6 heteroatoms. The third-order valence-electron chi connectivity index (χ3n) is 4.29. The molecule has 1 aliphatic rings. The normalized spacial score (nSPS) is 15.9. The molecule has 128 valence electrons. The van der Waals surface area contributed by atoms with Crippen molar-refractivity contribution in [2.75, 3.05) is 6.54 Å². The van der Waals surface area contributed by atoms with Crippen molar-refractivity contribution in [2.24, 2.45) is 0 Å². The molecule has 0 radical (unpaired) electrons. The second-order valence-electron chi connectivity index (χ2n) is 5.87. The molecular weight excluding hydrogens is 320 g/mol. The van der Waals surface area contributed by atoms with Crippen molar-refractivity contribution in [3.05, 3.63) is 71.8 Å². The van der Waals surface area contributed by atoms with Gasteiger partial charge in [0, 0.05) is 13.0 Å². The summed E-state index contributed by atoms with van der Waals surface area (Å²) in [4.78, 5) is 37.5. The molecule has 1 heterocycles. The highest BCUT2D eigenvalue weighted by atomic mass is 16.4. The fraction of sp³-hybridized carbons (Fsp3) is 0.211. The number of carbonyl (C=O) groups is 3. The maximum Gasteiger partial charge on any atom is 0.325 e. The van der Waals surface area contributed by atoms with Gasteiger partial charge in [0.15, 0.2) is 5.54 Å². The maximum atomic E-state index is 13.2. The number of urea groups is 1. The Labute approximate surface area is 145 Å². The lowest BCUT2D eigenvalue weighted by molar-refractivity contribution is -0.137. The summed E-state index contributed by atoms with van der Waals surface area (Å²) in [6, 6.07) is 17.6.